The SMILES string of the molecule is Cc1c(Cl)cccc1N1C(=O)C(Cl)=C(Nc2cccc(C(=O)Nc3ccccc3)c2)C1=O. The van der Waals surface area contributed by atoms with Gasteiger partial charge in [-0.15, -0.1) is 0 Å². The molecule has 6 nitrogen and oxygen atoms in total. The molecule has 8 heteroatoms. The van der Waals surface area contributed by atoms with E-state index >= 15 is 0 Å². The van der Waals surface area contributed by atoms with E-state index in [0.29, 0.717) is 33.2 Å². The molecule has 0 bridgehead atoms. The van der Waals surface area contributed by atoms with E-state index in [1.165, 1.54) is 0 Å². The van der Waals surface area contributed by atoms with Crippen LogP contribution in [0.4, 0.5) is 17.1 Å². The molecule has 0 atom stereocenters. The van der Waals surface area contributed by atoms with Crippen LogP contribution < -0.4 is 15.5 Å². The van der Waals surface area contributed by atoms with Crippen molar-refractivity contribution in [1.29, 1.82) is 0 Å². The molecule has 1 aliphatic heterocycles. The van der Waals surface area contributed by atoms with Gasteiger partial charge < -0.3 is 10.6 Å². The van der Waals surface area contributed by atoms with Gasteiger partial charge in [0.1, 0.15) is 10.7 Å². The molecule has 0 saturated heterocycles. The van der Waals surface area contributed by atoms with Crippen molar-refractivity contribution in [3.05, 3.63) is 99.7 Å². The van der Waals surface area contributed by atoms with Crippen molar-refractivity contribution in [2.75, 3.05) is 15.5 Å². The number of nitrogens with one attached hydrogen (secondary N) is 2. The zero-order valence-corrected chi connectivity index (χ0v) is 18.4. The van der Waals surface area contributed by atoms with E-state index in [1.54, 1.807) is 61.5 Å². The number of rotatable bonds is 5. The van der Waals surface area contributed by atoms with Crippen LogP contribution in [0.15, 0.2) is 83.5 Å². The average molecular weight is 466 g/mol. The summed E-state index contributed by atoms with van der Waals surface area (Å²) in [5.41, 5.74) is 2.33. The lowest BCUT2D eigenvalue weighted by Crippen LogP contribution is -2.32. The van der Waals surface area contributed by atoms with Crippen LogP contribution in [0.5, 0.6) is 0 Å². The molecule has 3 aromatic rings. The minimum absolute atomic E-state index is 0.0725. The molecule has 0 aromatic heterocycles. The molecule has 1 heterocycles. The summed E-state index contributed by atoms with van der Waals surface area (Å²) in [5.74, 6) is -1.57. The Morgan fingerprint density at radius 2 is 1.53 bits per heavy atom. The van der Waals surface area contributed by atoms with Gasteiger partial charge in [0.05, 0.1) is 5.69 Å². The highest BCUT2D eigenvalue weighted by atomic mass is 35.5. The number of para-hydroxylation sites is 1. The van der Waals surface area contributed by atoms with Gasteiger partial charge in [-0.3, -0.25) is 14.4 Å². The van der Waals surface area contributed by atoms with E-state index in [2.05, 4.69) is 10.6 Å². The van der Waals surface area contributed by atoms with E-state index in [0.717, 1.165) is 4.90 Å². The molecule has 0 saturated carbocycles. The Balaban J connectivity index is 1.57. The van der Waals surface area contributed by atoms with Crippen LogP contribution >= 0.6 is 23.2 Å². The lowest BCUT2D eigenvalue weighted by molar-refractivity contribution is -0.120. The van der Waals surface area contributed by atoms with E-state index in [1.807, 2.05) is 18.2 Å². The Hall–Kier alpha value is -3.61. The number of carbonyl (C=O) groups is 3. The third kappa shape index (κ3) is 4.10. The highest BCUT2D eigenvalue weighted by Gasteiger charge is 2.39. The van der Waals surface area contributed by atoms with Crippen molar-refractivity contribution >= 4 is 58.0 Å². The molecule has 0 spiro atoms. The zero-order chi connectivity index (χ0) is 22.8. The van der Waals surface area contributed by atoms with Crippen LogP contribution in [0.1, 0.15) is 15.9 Å². The van der Waals surface area contributed by atoms with E-state index in [9.17, 15) is 14.4 Å². The first-order chi connectivity index (χ1) is 15.4. The van der Waals surface area contributed by atoms with Gasteiger partial charge >= 0.3 is 0 Å². The first kappa shape index (κ1) is 21.6. The molecule has 4 rings (SSSR count). The quantitative estimate of drug-likeness (QED) is 0.498. The first-order valence-corrected chi connectivity index (χ1v) is 10.4. The lowest BCUT2D eigenvalue weighted by Gasteiger charge is -2.18. The molecule has 3 amide bonds. The second-order valence-corrected chi connectivity index (χ2v) is 7.83. The fraction of sp³-hybridized carbons (Fsp3) is 0.0417. The summed E-state index contributed by atoms with van der Waals surface area (Å²) in [6.07, 6.45) is 0. The van der Waals surface area contributed by atoms with Gasteiger partial charge in [-0.25, -0.2) is 4.90 Å². The Morgan fingerprint density at radius 1 is 0.844 bits per heavy atom. The number of halogens is 2. The summed E-state index contributed by atoms with van der Waals surface area (Å²) in [7, 11) is 0. The normalized spacial score (nSPS) is 13.5. The van der Waals surface area contributed by atoms with E-state index in [4.69, 9.17) is 23.2 Å². The van der Waals surface area contributed by atoms with Crippen molar-refractivity contribution in [2.24, 2.45) is 0 Å². The highest BCUT2D eigenvalue weighted by molar-refractivity contribution is 6.53. The van der Waals surface area contributed by atoms with Crippen molar-refractivity contribution < 1.29 is 14.4 Å². The molecule has 2 N–H and O–H groups in total. The number of anilines is 3. The maximum absolute atomic E-state index is 13.0. The predicted octanol–water partition coefficient (Wildman–Crippen LogP) is 5.34. The van der Waals surface area contributed by atoms with E-state index in [-0.39, 0.29) is 16.6 Å². The number of hydrogen-bond donors (Lipinski definition) is 2. The predicted molar refractivity (Wildman–Crippen MR) is 126 cm³/mol. The Kier molecular flexibility index (Phi) is 5.99. The third-order valence-electron chi connectivity index (χ3n) is 4.93. The molecule has 3 aromatic carbocycles. The molecule has 1 aliphatic rings. The highest BCUT2D eigenvalue weighted by Crippen LogP contribution is 2.34. The standard InChI is InChI=1S/C24H17Cl2N3O3/c1-14-18(25)11-6-12-19(14)29-23(31)20(26)21(24(29)32)27-17-10-5-7-15(13-17)22(30)28-16-8-3-2-4-9-16/h2-13,27H,1H3,(H,28,30). The molecule has 160 valence electrons. The van der Waals surface area contributed by atoms with Gasteiger partial charge in [-0.2, -0.15) is 0 Å². The molecular weight excluding hydrogens is 449 g/mol. The summed E-state index contributed by atoms with van der Waals surface area (Å²) < 4.78 is 0. The molecule has 0 fully saturated rings. The van der Waals surface area contributed by atoms with Crippen LogP contribution in [0.2, 0.25) is 5.02 Å². The molecular formula is C24H17Cl2N3O3. The van der Waals surface area contributed by atoms with Crippen molar-refractivity contribution in [2.45, 2.75) is 6.92 Å². The summed E-state index contributed by atoms with van der Waals surface area (Å²) in [6.45, 7) is 1.71. The molecule has 0 aliphatic carbocycles. The minimum atomic E-state index is -0.650. The summed E-state index contributed by atoms with van der Waals surface area (Å²) >= 11 is 12.4. The zero-order valence-electron chi connectivity index (χ0n) is 16.9. The fourth-order valence-electron chi connectivity index (χ4n) is 3.28. The smallest absolute Gasteiger partial charge is 0.283 e. The Labute approximate surface area is 194 Å². The maximum atomic E-state index is 13.0. The van der Waals surface area contributed by atoms with Gasteiger partial charge in [0.15, 0.2) is 0 Å². The van der Waals surface area contributed by atoms with Crippen LogP contribution in [-0.4, -0.2) is 17.7 Å². The molecule has 32 heavy (non-hydrogen) atoms. The number of benzene rings is 3. The van der Waals surface area contributed by atoms with Gasteiger partial charge in [-0.05, 0) is 55.0 Å². The third-order valence-corrected chi connectivity index (χ3v) is 5.69. The van der Waals surface area contributed by atoms with Gasteiger partial charge in [0, 0.05) is 22.0 Å². The topological polar surface area (TPSA) is 78.5 Å². The Bertz CT molecular complexity index is 1270. The maximum Gasteiger partial charge on any atom is 0.283 e. The van der Waals surface area contributed by atoms with Gasteiger partial charge in [0.25, 0.3) is 17.7 Å². The van der Waals surface area contributed by atoms with Crippen molar-refractivity contribution in [3.63, 3.8) is 0 Å². The number of carbonyl (C=O) groups excluding carboxylic acids is 3. The van der Waals surface area contributed by atoms with Crippen LogP contribution in [0.25, 0.3) is 0 Å². The van der Waals surface area contributed by atoms with Crippen LogP contribution in [-0.2, 0) is 9.59 Å². The second kappa shape index (κ2) is 8.86. The monoisotopic (exact) mass is 465 g/mol. The number of hydrogen-bond acceptors (Lipinski definition) is 4. The lowest BCUT2D eigenvalue weighted by atomic mass is 10.1. The van der Waals surface area contributed by atoms with Crippen LogP contribution in [0, 0.1) is 6.92 Å². The second-order valence-electron chi connectivity index (χ2n) is 7.04. The number of amides is 3. The molecule has 0 unspecified atom stereocenters. The average Bonchev–Trinajstić information content (AvgIpc) is 3.00. The molecule has 0 radical (unpaired) electrons. The number of nitrogens with zero attached hydrogens (tertiary/aromatic N) is 1. The fourth-order valence-corrected chi connectivity index (χ4v) is 3.66. The summed E-state index contributed by atoms with van der Waals surface area (Å²) in [4.78, 5) is 39.3. The van der Waals surface area contributed by atoms with Crippen LogP contribution in [0.3, 0.4) is 0 Å². The van der Waals surface area contributed by atoms with Crippen molar-refractivity contribution in [3.8, 4) is 0 Å². The van der Waals surface area contributed by atoms with Crippen molar-refractivity contribution in [1.82, 2.24) is 0 Å². The van der Waals surface area contributed by atoms with Gasteiger partial charge in [-0.1, -0.05) is 53.5 Å². The summed E-state index contributed by atoms with van der Waals surface area (Å²) in [6, 6.07) is 20.5. The van der Waals surface area contributed by atoms with Gasteiger partial charge in [0.2, 0.25) is 0 Å². The first-order valence-electron chi connectivity index (χ1n) is 9.64. The van der Waals surface area contributed by atoms with E-state index < -0.39 is 11.8 Å². The minimum Gasteiger partial charge on any atom is -0.350 e. The number of imide groups is 1. The summed E-state index contributed by atoms with van der Waals surface area (Å²) in [5, 5.41) is 5.87. The largest absolute Gasteiger partial charge is 0.350 e. The Morgan fingerprint density at radius 3 is 2.28 bits per heavy atom.